The number of hydrogen-bond donors (Lipinski definition) is 5. The fraction of sp³-hybridized carbons (Fsp3) is 0.750. The number of carbonyl (C=O) groups excluding carboxylic acids is 4. The van der Waals surface area contributed by atoms with Crippen LogP contribution in [0.1, 0.15) is 33.6 Å². The highest BCUT2D eigenvalue weighted by Gasteiger charge is 2.23. The lowest BCUT2D eigenvalue weighted by molar-refractivity contribution is -0.129. The molecule has 3 amide bonds. The number of amides is 3. The monoisotopic (exact) mass is 389 g/mol. The number of primary amides is 1. The molecule has 0 radical (unpaired) electrons. The zero-order valence-electron chi connectivity index (χ0n) is 15.9. The van der Waals surface area contributed by atoms with Gasteiger partial charge in [-0.2, -0.15) is 11.8 Å². The van der Waals surface area contributed by atoms with Crippen molar-refractivity contribution >= 4 is 35.3 Å². The third-order valence-corrected chi connectivity index (χ3v) is 4.87. The van der Waals surface area contributed by atoms with Crippen molar-refractivity contribution in [3.8, 4) is 0 Å². The van der Waals surface area contributed by atoms with Crippen molar-refractivity contribution < 1.29 is 19.2 Å². The maximum absolute atomic E-state index is 11.9. The fourth-order valence-electron chi connectivity index (χ4n) is 2.10. The number of thioether (sulfide) groups is 1. The van der Waals surface area contributed by atoms with Crippen molar-refractivity contribution in [2.24, 2.45) is 11.7 Å². The molecule has 0 aliphatic rings. The van der Waals surface area contributed by atoms with Crippen LogP contribution in [0.4, 0.5) is 0 Å². The van der Waals surface area contributed by atoms with Crippen LogP contribution >= 0.6 is 11.8 Å². The van der Waals surface area contributed by atoms with Crippen LogP contribution < -0.4 is 27.2 Å². The molecule has 0 aromatic rings. The van der Waals surface area contributed by atoms with E-state index in [0.717, 1.165) is 0 Å². The molecule has 0 rings (SSSR count). The van der Waals surface area contributed by atoms with Gasteiger partial charge < -0.3 is 16.4 Å². The van der Waals surface area contributed by atoms with Gasteiger partial charge in [0.15, 0.2) is 0 Å². The summed E-state index contributed by atoms with van der Waals surface area (Å²) >= 11 is 1.37. The second-order valence-corrected chi connectivity index (χ2v) is 7.11. The zero-order chi connectivity index (χ0) is 20.1. The van der Waals surface area contributed by atoms with Gasteiger partial charge in [0, 0.05) is 0 Å². The van der Waals surface area contributed by atoms with Crippen molar-refractivity contribution in [1.29, 1.82) is 0 Å². The Hall–Kier alpha value is -1.65. The molecule has 0 unspecified atom stereocenters. The van der Waals surface area contributed by atoms with Crippen LogP contribution in [0.25, 0.3) is 0 Å². The quantitative estimate of drug-likeness (QED) is 0.188. The minimum atomic E-state index is -0.748. The molecule has 9 nitrogen and oxygen atoms in total. The first kappa shape index (κ1) is 24.4. The molecule has 10 heteroatoms. The molecule has 0 aliphatic heterocycles. The van der Waals surface area contributed by atoms with Gasteiger partial charge in [-0.05, 0) is 32.1 Å². The van der Waals surface area contributed by atoms with Crippen LogP contribution in [0.5, 0.6) is 0 Å². The molecule has 0 heterocycles. The molecule has 150 valence electrons. The van der Waals surface area contributed by atoms with Gasteiger partial charge in [-0.3, -0.25) is 24.6 Å². The Labute approximate surface area is 158 Å². The Morgan fingerprint density at radius 3 is 2.31 bits per heavy atom. The van der Waals surface area contributed by atoms with E-state index < -0.39 is 17.9 Å². The summed E-state index contributed by atoms with van der Waals surface area (Å²) in [5.41, 5.74) is 10.9. The lowest BCUT2D eigenvalue weighted by Gasteiger charge is -2.21. The normalized spacial score (nSPS) is 14.2. The fourth-order valence-corrected chi connectivity index (χ4v) is 2.94. The maximum Gasteiger partial charge on any atom is 0.240 e. The second-order valence-electron chi connectivity index (χ2n) is 6.01. The summed E-state index contributed by atoms with van der Waals surface area (Å²) < 4.78 is 0. The minimum absolute atomic E-state index is 0.0198. The largest absolute Gasteiger partial charge is 0.368 e. The van der Waals surface area contributed by atoms with Gasteiger partial charge >= 0.3 is 0 Å². The number of hydrogen-bond acceptors (Lipinski definition) is 7. The first-order valence-electron chi connectivity index (χ1n) is 8.58. The van der Waals surface area contributed by atoms with Crippen molar-refractivity contribution in [3.63, 3.8) is 0 Å². The van der Waals surface area contributed by atoms with Gasteiger partial charge in [-0.15, -0.1) is 0 Å². The molecular weight excluding hydrogens is 358 g/mol. The SMILES string of the molecule is CC[C@H](C)[C@H](NC(=O)CNC(=O)CSCC[C@H](NNC)C(C)=O)C(N)=O. The van der Waals surface area contributed by atoms with Gasteiger partial charge in [0.25, 0.3) is 0 Å². The second kappa shape index (κ2) is 13.5. The summed E-state index contributed by atoms with van der Waals surface area (Å²) in [7, 11) is 1.69. The van der Waals surface area contributed by atoms with Crippen molar-refractivity contribution in [3.05, 3.63) is 0 Å². The molecule has 0 aromatic carbocycles. The molecule has 0 bridgehead atoms. The van der Waals surface area contributed by atoms with Crippen LogP contribution in [-0.4, -0.2) is 60.7 Å². The Kier molecular flexibility index (Phi) is 12.7. The highest BCUT2D eigenvalue weighted by molar-refractivity contribution is 7.99. The third kappa shape index (κ3) is 10.4. The third-order valence-electron chi connectivity index (χ3n) is 3.88. The van der Waals surface area contributed by atoms with E-state index in [4.69, 9.17) is 5.73 Å². The number of nitrogens with one attached hydrogen (secondary N) is 4. The van der Waals surface area contributed by atoms with E-state index in [1.54, 1.807) is 7.05 Å². The molecule has 0 fully saturated rings. The van der Waals surface area contributed by atoms with E-state index in [9.17, 15) is 19.2 Å². The van der Waals surface area contributed by atoms with E-state index in [1.165, 1.54) is 18.7 Å². The van der Waals surface area contributed by atoms with Crippen LogP contribution in [-0.2, 0) is 19.2 Å². The smallest absolute Gasteiger partial charge is 0.240 e. The number of hydrazine groups is 1. The first-order chi connectivity index (χ1) is 12.2. The molecule has 6 N–H and O–H groups in total. The van der Waals surface area contributed by atoms with Crippen molar-refractivity contribution in [2.45, 2.75) is 45.7 Å². The van der Waals surface area contributed by atoms with Gasteiger partial charge in [-0.25, -0.2) is 5.43 Å². The van der Waals surface area contributed by atoms with E-state index in [0.29, 0.717) is 18.6 Å². The molecule has 3 atom stereocenters. The summed E-state index contributed by atoms with van der Waals surface area (Å²) in [5.74, 6) is -0.592. The molecule has 0 saturated heterocycles. The Balaban J connectivity index is 4.09. The topological polar surface area (TPSA) is 142 Å². The molecular formula is C16H31N5O4S. The predicted molar refractivity (Wildman–Crippen MR) is 102 cm³/mol. The summed E-state index contributed by atoms with van der Waals surface area (Å²) in [6, 6.07) is -1.05. The van der Waals surface area contributed by atoms with Gasteiger partial charge in [0.1, 0.15) is 11.8 Å². The van der Waals surface area contributed by atoms with Gasteiger partial charge in [-0.1, -0.05) is 20.3 Å². The summed E-state index contributed by atoms with van der Waals surface area (Å²) in [4.78, 5) is 46.4. The lowest BCUT2D eigenvalue weighted by Crippen LogP contribution is -2.51. The van der Waals surface area contributed by atoms with E-state index in [2.05, 4.69) is 21.5 Å². The van der Waals surface area contributed by atoms with Crippen molar-refractivity contribution in [2.75, 3.05) is 25.1 Å². The minimum Gasteiger partial charge on any atom is -0.368 e. The van der Waals surface area contributed by atoms with Crippen LogP contribution in [0.2, 0.25) is 0 Å². The molecule has 26 heavy (non-hydrogen) atoms. The first-order valence-corrected chi connectivity index (χ1v) is 9.74. The lowest BCUT2D eigenvalue weighted by atomic mass is 9.98. The number of carbonyl (C=O) groups is 4. The molecule has 0 saturated carbocycles. The highest BCUT2D eigenvalue weighted by atomic mass is 32.2. The number of ketones is 1. The Bertz CT molecular complexity index is 489. The standard InChI is InChI=1S/C16H31N5O4S/c1-5-10(2)15(16(17)25)20-13(23)8-19-14(24)9-26-7-6-12(11(3)22)21-18-4/h10,12,15,18,21H,5-9H2,1-4H3,(H2,17,25)(H,19,24)(H,20,23)/t10-,12-,15-/m0/s1. The van der Waals surface area contributed by atoms with Crippen LogP contribution in [0.3, 0.4) is 0 Å². The predicted octanol–water partition coefficient (Wildman–Crippen LogP) is -1.08. The summed E-state index contributed by atoms with van der Waals surface area (Å²) in [5, 5.41) is 5.04. The Morgan fingerprint density at radius 2 is 1.81 bits per heavy atom. The average molecular weight is 390 g/mol. The highest BCUT2D eigenvalue weighted by Crippen LogP contribution is 2.07. The zero-order valence-corrected chi connectivity index (χ0v) is 16.7. The maximum atomic E-state index is 11.9. The van der Waals surface area contributed by atoms with E-state index >= 15 is 0 Å². The average Bonchev–Trinajstić information content (AvgIpc) is 2.59. The van der Waals surface area contributed by atoms with Gasteiger partial charge in [0.05, 0.1) is 18.3 Å². The Morgan fingerprint density at radius 1 is 1.15 bits per heavy atom. The number of nitrogens with two attached hydrogens (primary N) is 1. The molecule has 0 spiro atoms. The van der Waals surface area contributed by atoms with Crippen molar-refractivity contribution in [1.82, 2.24) is 21.5 Å². The number of Topliss-reactive ketones (excluding diaryl/α,β-unsaturated/α-hetero) is 1. The van der Waals surface area contributed by atoms with Crippen LogP contribution in [0.15, 0.2) is 0 Å². The van der Waals surface area contributed by atoms with Gasteiger partial charge in [0.2, 0.25) is 17.7 Å². The van der Waals surface area contributed by atoms with Crippen LogP contribution in [0, 0.1) is 5.92 Å². The summed E-state index contributed by atoms with van der Waals surface area (Å²) in [6.45, 7) is 5.01. The number of rotatable bonds is 14. The molecule has 0 aliphatic carbocycles. The van der Waals surface area contributed by atoms with E-state index in [-0.39, 0.29) is 35.9 Å². The summed E-state index contributed by atoms with van der Waals surface area (Å²) in [6.07, 6.45) is 1.28. The molecule has 0 aromatic heterocycles. The van der Waals surface area contributed by atoms with E-state index in [1.807, 2.05) is 13.8 Å².